The van der Waals surface area contributed by atoms with Crippen molar-refractivity contribution >= 4 is 40.3 Å². The first-order valence-corrected chi connectivity index (χ1v) is 13.6. The summed E-state index contributed by atoms with van der Waals surface area (Å²) in [6, 6.07) is 5.70. The van der Waals surface area contributed by atoms with Crippen LogP contribution in [0.4, 0.5) is 19.4 Å². The van der Waals surface area contributed by atoms with Gasteiger partial charge in [-0.2, -0.15) is 0 Å². The molecule has 2 amide bonds. The lowest BCUT2D eigenvalue weighted by atomic mass is 10.0. The number of carbonyl (C=O) groups excluding carboxylic acids is 2. The average Bonchev–Trinajstić information content (AvgIpc) is 2.92. The van der Waals surface area contributed by atoms with Gasteiger partial charge in [-0.25, -0.2) is 23.5 Å². The first-order chi connectivity index (χ1) is 19.5. The smallest absolute Gasteiger partial charge is 0.407 e. The van der Waals surface area contributed by atoms with Crippen LogP contribution in [0.1, 0.15) is 27.2 Å². The molecule has 1 saturated heterocycles. The zero-order chi connectivity index (χ0) is 29.7. The molecule has 1 aromatic heterocycles. The van der Waals surface area contributed by atoms with Crippen LogP contribution in [0.25, 0.3) is 22.0 Å². The van der Waals surface area contributed by atoms with E-state index in [-0.39, 0.29) is 46.5 Å². The molecular weight excluding hydrogens is 556 g/mol. The second-order valence-electron chi connectivity index (χ2n) is 10.4. The maximum atomic E-state index is 16.1. The van der Waals surface area contributed by atoms with E-state index in [1.54, 1.807) is 25.7 Å². The van der Waals surface area contributed by atoms with Gasteiger partial charge in [0.25, 0.3) is 0 Å². The van der Waals surface area contributed by atoms with E-state index in [9.17, 15) is 9.59 Å². The van der Waals surface area contributed by atoms with E-state index in [4.69, 9.17) is 21.1 Å². The number of nitrogens with zero attached hydrogens (tertiary/aromatic N) is 4. The van der Waals surface area contributed by atoms with Gasteiger partial charge in [-0.1, -0.05) is 24.2 Å². The van der Waals surface area contributed by atoms with Crippen molar-refractivity contribution in [3.05, 3.63) is 59.9 Å². The second-order valence-corrected chi connectivity index (χ2v) is 10.8. The normalized spacial score (nSPS) is 13.7. The van der Waals surface area contributed by atoms with Crippen LogP contribution in [0.15, 0.2) is 43.2 Å². The number of aromatic nitrogens is 2. The van der Waals surface area contributed by atoms with Gasteiger partial charge in [0.15, 0.2) is 5.82 Å². The van der Waals surface area contributed by atoms with Crippen LogP contribution in [0.2, 0.25) is 5.02 Å². The molecule has 0 unspecified atom stereocenters. The van der Waals surface area contributed by atoms with E-state index in [0.29, 0.717) is 43.8 Å². The molecule has 0 radical (unpaired) electrons. The van der Waals surface area contributed by atoms with Crippen molar-refractivity contribution in [1.29, 1.82) is 0 Å². The number of alkyl carbamates (subject to hydrolysis) is 1. The van der Waals surface area contributed by atoms with E-state index in [1.165, 1.54) is 36.7 Å². The van der Waals surface area contributed by atoms with Crippen molar-refractivity contribution in [2.75, 3.05) is 44.2 Å². The van der Waals surface area contributed by atoms with Gasteiger partial charge in [0.05, 0.1) is 17.2 Å². The quantitative estimate of drug-likeness (QED) is 0.280. The summed E-state index contributed by atoms with van der Waals surface area (Å²) in [4.78, 5) is 35.9. The third-order valence-corrected chi connectivity index (χ3v) is 6.64. The molecule has 1 aliphatic rings. The summed E-state index contributed by atoms with van der Waals surface area (Å²) in [5.41, 5.74) is -0.944. The number of benzene rings is 2. The number of halogens is 3. The van der Waals surface area contributed by atoms with Crippen molar-refractivity contribution in [1.82, 2.24) is 20.2 Å². The molecule has 3 aromatic rings. The van der Waals surface area contributed by atoms with E-state index in [2.05, 4.69) is 21.9 Å². The Morgan fingerprint density at radius 3 is 2.56 bits per heavy atom. The van der Waals surface area contributed by atoms with Gasteiger partial charge in [0.2, 0.25) is 5.91 Å². The van der Waals surface area contributed by atoms with Crippen LogP contribution >= 0.6 is 11.6 Å². The fraction of sp³-hybridized carbons (Fsp3) is 0.379. The minimum atomic E-state index is -0.807. The molecular formula is C29H32ClF2N5O4. The Kier molecular flexibility index (Phi) is 9.27. The lowest BCUT2D eigenvalue weighted by molar-refractivity contribution is -0.126. The summed E-state index contributed by atoms with van der Waals surface area (Å²) in [6.45, 7) is 11.0. The number of piperazine rings is 1. The molecule has 0 aliphatic carbocycles. The third kappa shape index (κ3) is 7.02. The number of rotatable bonds is 8. The topological polar surface area (TPSA) is 96.9 Å². The minimum Gasteiger partial charge on any atom is -0.493 e. The zero-order valence-corrected chi connectivity index (χ0v) is 23.9. The maximum Gasteiger partial charge on any atom is 0.407 e. The molecule has 218 valence electrons. The van der Waals surface area contributed by atoms with Gasteiger partial charge in [-0.15, -0.1) is 0 Å². The van der Waals surface area contributed by atoms with Gasteiger partial charge in [0, 0.05) is 43.7 Å². The van der Waals surface area contributed by atoms with Crippen LogP contribution in [0.5, 0.6) is 5.75 Å². The van der Waals surface area contributed by atoms with E-state index in [1.807, 2.05) is 4.90 Å². The number of anilines is 1. The van der Waals surface area contributed by atoms with E-state index >= 15 is 8.78 Å². The molecule has 2 heterocycles. The van der Waals surface area contributed by atoms with Gasteiger partial charge < -0.3 is 24.6 Å². The number of hydrogen-bond donors (Lipinski definition) is 1. The Labute approximate surface area is 242 Å². The van der Waals surface area contributed by atoms with Crippen LogP contribution < -0.4 is 15.0 Å². The number of hydrogen-bond acceptors (Lipinski definition) is 7. The van der Waals surface area contributed by atoms with Gasteiger partial charge >= 0.3 is 6.09 Å². The van der Waals surface area contributed by atoms with Crippen LogP contribution in [0, 0.1) is 11.6 Å². The Morgan fingerprint density at radius 1 is 1.15 bits per heavy atom. The largest absolute Gasteiger partial charge is 0.493 e. The molecule has 0 bridgehead atoms. The Balaban J connectivity index is 1.56. The highest BCUT2D eigenvalue weighted by atomic mass is 35.5. The molecule has 1 fully saturated rings. The first-order valence-electron chi connectivity index (χ1n) is 13.2. The highest BCUT2D eigenvalue weighted by molar-refractivity contribution is 6.34. The minimum absolute atomic E-state index is 0.0187. The highest BCUT2D eigenvalue weighted by Gasteiger charge is 2.26. The summed E-state index contributed by atoms with van der Waals surface area (Å²) in [5, 5.41) is 2.96. The fourth-order valence-electron chi connectivity index (χ4n) is 4.49. The van der Waals surface area contributed by atoms with E-state index in [0.717, 1.165) is 0 Å². The number of amides is 2. The van der Waals surface area contributed by atoms with Gasteiger partial charge in [-0.05, 0) is 51.5 Å². The Bertz CT molecular complexity index is 1460. The molecule has 12 heteroatoms. The van der Waals surface area contributed by atoms with Crippen LogP contribution in [-0.4, -0.2) is 71.8 Å². The van der Waals surface area contributed by atoms with E-state index < -0.39 is 23.3 Å². The molecule has 1 N–H and O–H groups in total. The summed E-state index contributed by atoms with van der Waals surface area (Å²) in [5.74, 6) is -1.11. The first kappa shape index (κ1) is 30.0. The van der Waals surface area contributed by atoms with Crippen molar-refractivity contribution in [3.63, 3.8) is 0 Å². The highest BCUT2D eigenvalue weighted by Crippen LogP contribution is 2.42. The Morgan fingerprint density at radius 2 is 1.88 bits per heavy atom. The molecule has 9 nitrogen and oxygen atoms in total. The van der Waals surface area contributed by atoms with Crippen LogP contribution in [-0.2, 0) is 9.53 Å². The molecule has 41 heavy (non-hydrogen) atoms. The number of carbonyl (C=O) groups is 2. The molecule has 2 aromatic carbocycles. The van der Waals surface area contributed by atoms with Crippen molar-refractivity contribution < 1.29 is 27.8 Å². The predicted octanol–water partition coefficient (Wildman–Crippen LogP) is 5.36. The Hall–Kier alpha value is -3.99. The number of ether oxygens (including phenoxy) is 2. The van der Waals surface area contributed by atoms with Crippen molar-refractivity contribution in [2.45, 2.75) is 32.8 Å². The third-order valence-electron chi connectivity index (χ3n) is 6.34. The van der Waals surface area contributed by atoms with Crippen molar-refractivity contribution in [3.8, 4) is 16.9 Å². The van der Waals surface area contributed by atoms with Crippen LogP contribution in [0.3, 0.4) is 0 Å². The average molecular weight is 588 g/mol. The van der Waals surface area contributed by atoms with Gasteiger partial charge in [0.1, 0.15) is 34.8 Å². The summed E-state index contributed by atoms with van der Waals surface area (Å²) >= 11 is 6.59. The summed E-state index contributed by atoms with van der Waals surface area (Å²) in [6.07, 6.45) is 2.36. The molecule has 0 saturated carbocycles. The molecule has 0 atom stereocenters. The number of fused-ring (bicyclic) bond motifs is 1. The van der Waals surface area contributed by atoms with Gasteiger partial charge in [-0.3, -0.25) is 4.79 Å². The summed E-state index contributed by atoms with van der Waals surface area (Å²) in [7, 11) is 0. The van der Waals surface area contributed by atoms with Crippen molar-refractivity contribution in [2.24, 2.45) is 0 Å². The molecule has 0 spiro atoms. The standard InChI is InChI=1S/C29H32ClF2N5O4/c1-5-22(38)36-11-13-37(14-12-36)27-18-16-19(30)23(25(32)26(18)34-17-35-27)24-20(31)8-6-9-21(24)40-15-7-10-33-28(39)41-29(2,3)4/h5-6,8-9,16-17H,1,7,10-15H2,2-4H3,(H,33,39). The SMILES string of the molecule is C=CC(=O)N1CCN(c2ncnc3c(F)c(-c4c(F)cccc4OCCCNC(=O)OC(C)(C)C)c(Cl)cc23)CC1. The second kappa shape index (κ2) is 12.7. The lowest BCUT2D eigenvalue weighted by Gasteiger charge is -2.35. The maximum absolute atomic E-state index is 16.1. The lowest BCUT2D eigenvalue weighted by Crippen LogP contribution is -2.48. The zero-order valence-electron chi connectivity index (χ0n) is 23.2. The fourth-order valence-corrected chi connectivity index (χ4v) is 4.78. The molecule has 4 rings (SSSR count). The number of nitrogens with one attached hydrogen (secondary N) is 1. The predicted molar refractivity (Wildman–Crippen MR) is 153 cm³/mol. The monoisotopic (exact) mass is 587 g/mol. The summed E-state index contributed by atoms with van der Waals surface area (Å²) < 4.78 is 42.2. The molecule has 1 aliphatic heterocycles.